The zero-order valence-electron chi connectivity index (χ0n) is 6.36. The van der Waals surface area contributed by atoms with Crippen molar-refractivity contribution in [1.29, 1.82) is 0 Å². The first-order chi connectivity index (χ1) is 5.24. The average molecular weight is 263 g/mol. The Morgan fingerprint density at radius 3 is 2.82 bits per heavy atom. The molecular formula is C8H10INO. The molecule has 1 rings (SSSR count). The van der Waals surface area contributed by atoms with Crippen LogP contribution in [0.15, 0.2) is 16.9 Å². The van der Waals surface area contributed by atoms with Gasteiger partial charge in [0.1, 0.15) is 0 Å². The molecule has 1 N–H and O–H groups in total. The zero-order valence-corrected chi connectivity index (χ0v) is 8.51. The maximum atomic E-state index is 11.1. The van der Waals surface area contributed by atoms with Gasteiger partial charge >= 0.3 is 0 Å². The summed E-state index contributed by atoms with van der Waals surface area (Å²) in [5.74, 6) is 0. The number of rotatable bonds is 2. The van der Waals surface area contributed by atoms with E-state index in [4.69, 9.17) is 0 Å². The van der Waals surface area contributed by atoms with E-state index in [2.05, 4.69) is 27.6 Å². The van der Waals surface area contributed by atoms with Crippen LogP contribution in [0.2, 0.25) is 0 Å². The van der Waals surface area contributed by atoms with Crippen molar-refractivity contribution < 1.29 is 0 Å². The lowest BCUT2D eigenvalue weighted by atomic mass is 10.2. The molecule has 0 unspecified atom stereocenters. The van der Waals surface area contributed by atoms with Crippen LogP contribution in [-0.4, -0.2) is 9.41 Å². The van der Waals surface area contributed by atoms with E-state index in [9.17, 15) is 4.79 Å². The van der Waals surface area contributed by atoms with E-state index in [1.165, 1.54) is 0 Å². The number of hydrogen-bond acceptors (Lipinski definition) is 1. The minimum absolute atomic E-state index is 0.0346. The fourth-order valence-corrected chi connectivity index (χ4v) is 1.42. The largest absolute Gasteiger partial charge is 0.326 e. The first-order valence-electron chi connectivity index (χ1n) is 3.49. The van der Waals surface area contributed by atoms with Gasteiger partial charge in [-0.25, -0.2) is 0 Å². The molecule has 0 fully saturated rings. The lowest BCUT2D eigenvalue weighted by molar-refractivity contribution is 1.02. The molecule has 1 aromatic heterocycles. The quantitative estimate of drug-likeness (QED) is 0.638. The molecule has 2 nitrogen and oxygen atoms in total. The van der Waals surface area contributed by atoms with Crippen LogP contribution in [0.4, 0.5) is 0 Å². The first kappa shape index (κ1) is 8.77. The Kier molecular flexibility index (Phi) is 3.11. The molecule has 0 radical (unpaired) electrons. The maximum Gasteiger partial charge on any atom is 0.251 e. The number of H-pyrrole nitrogens is 1. The van der Waals surface area contributed by atoms with Crippen LogP contribution >= 0.6 is 22.6 Å². The van der Waals surface area contributed by atoms with Crippen LogP contribution in [0.1, 0.15) is 11.3 Å². The van der Waals surface area contributed by atoms with E-state index in [0.29, 0.717) is 0 Å². The summed E-state index contributed by atoms with van der Waals surface area (Å²) >= 11 is 2.29. The Labute approximate surface area is 79.2 Å². The molecule has 0 spiro atoms. The Hall–Kier alpha value is -0.320. The van der Waals surface area contributed by atoms with Gasteiger partial charge in [0, 0.05) is 15.7 Å². The summed E-state index contributed by atoms with van der Waals surface area (Å²) in [5.41, 5.74) is 1.84. The average Bonchev–Trinajstić information content (AvgIpc) is 1.98. The number of aryl methyl sites for hydroxylation is 2. The smallest absolute Gasteiger partial charge is 0.251 e. The van der Waals surface area contributed by atoms with Crippen molar-refractivity contribution in [3.8, 4) is 0 Å². The summed E-state index contributed by atoms with van der Waals surface area (Å²) in [6.45, 7) is 1.81. The SMILES string of the molecule is Cc1ccc(CCI)[nH]c1=O. The minimum atomic E-state index is 0.0346. The second-order valence-corrected chi connectivity index (χ2v) is 3.51. The molecule has 0 aliphatic rings. The fourth-order valence-electron chi connectivity index (χ4n) is 0.835. The number of halogens is 1. The van der Waals surface area contributed by atoms with Crippen molar-refractivity contribution in [2.45, 2.75) is 13.3 Å². The summed E-state index contributed by atoms with van der Waals surface area (Å²) in [6.07, 6.45) is 0.941. The van der Waals surface area contributed by atoms with Crippen LogP contribution in [0.5, 0.6) is 0 Å². The molecule has 1 heterocycles. The van der Waals surface area contributed by atoms with Gasteiger partial charge in [-0.3, -0.25) is 4.79 Å². The van der Waals surface area contributed by atoms with E-state index in [0.717, 1.165) is 22.1 Å². The van der Waals surface area contributed by atoms with Crippen LogP contribution < -0.4 is 5.56 Å². The molecule has 0 bridgehead atoms. The van der Waals surface area contributed by atoms with Gasteiger partial charge < -0.3 is 4.98 Å². The number of pyridine rings is 1. The summed E-state index contributed by atoms with van der Waals surface area (Å²) in [7, 11) is 0. The topological polar surface area (TPSA) is 32.9 Å². The highest BCUT2D eigenvalue weighted by Crippen LogP contribution is 1.97. The molecule has 11 heavy (non-hydrogen) atoms. The van der Waals surface area contributed by atoms with Crippen LogP contribution in [0.25, 0.3) is 0 Å². The lowest BCUT2D eigenvalue weighted by Gasteiger charge is -1.97. The summed E-state index contributed by atoms with van der Waals surface area (Å²) < 4.78 is 1.04. The van der Waals surface area contributed by atoms with Gasteiger partial charge in [-0.15, -0.1) is 0 Å². The van der Waals surface area contributed by atoms with Gasteiger partial charge in [-0.1, -0.05) is 28.7 Å². The van der Waals surface area contributed by atoms with Gasteiger partial charge in [-0.05, 0) is 19.4 Å². The van der Waals surface area contributed by atoms with Gasteiger partial charge in [0.2, 0.25) is 0 Å². The third kappa shape index (κ3) is 2.32. The Morgan fingerprint density at radius 1 is 1.55 bits per heavy atom. The Balaban J connectivity index is 2.96. The molecule has 1 aromatic rings. The van der Waals surface area contributed by atoms with E-state index >= 15 is 0 Å². The number of aromatic nitrogens is 1. The number of aromatic amines is 1. The van der Waals surface area contributed by atoms with Gasteiger partial charge in [0.15, 0.2) is 0 Å². The molecule has 0 aliphatic heterocycles. The monoisotopic (exact) mass is 263 g/mol. The first-order valence-corrected chi connectivity index (χ1v) is 5.01. The predicted octanol–water partition coefficient (Wildman–Crippen LogP) is 1.66. The minimum Gasteiger partial charge on any atom is -0.326 e. The molecule has 0 aromatic carbocycles. The third-order valence-corrected chi connectivity index (χ3v) is 2.07. The van der Waals surface area contributed by atoms with Crippen molar-refractivity contribution >= 4 is 22.6 Å². The standard InChI is InChI=1S/C8H10INO/c1-6-2-3-7(4-5-9)10-8(6)11/h2-3H,4-5H2,1H3,(H,10,11). The van der Waals surface area contributed by atoms with E-state index in [1.54, 1.807) is 0 Å². The summed E-state index contributed by atoms with van der Waals surface area (Å²) in [4.78, 5) is 13.9. The highest BCUT2D eigenvalue weighted by Gasteiger charge is 1.94. The van der Waals surface area contributed by atoms with E-state index < -0.39 is 0 Å². The Bertz CT molecular complexity index is 292. The molecule has 3 heteroatoms. The zero-order chi connectivity index (χ0) is 8.27. The lowest BCUT2D eigenvalue weighted by Crippen LogP contribution is -2.11. The number of nitrogens with one attached hydrogen (secondary N) is 1. The predicted molar refractivity (Wildman–Crippen MR) is 54.4 cm³/mol. The highest BCUT2D eigenvalue weighted by molar-refractivity contribution is 14.1. The molecule has 0 amide bonds. The van der Waals surface area contributed by atoms with Gasteiger partial charge in [0.25, 0.3) is 5.56 Å². The van der Waals surface area contributed by atoms with E-state index in [1.807, 2.05) is 19.1 Å². The molecule has 60 valence electrons. The van der Waals surface area contributed by atoms with Crippen molar-refractivity contribution in [1.82, 2.24) is 4.98 Å². The molecular weight excluding hydrogens is 253 g/mol. The van der Waals surface area contributed by atoms with Crippen molar-refractivity contribution in [3.63, 3.8) is 0 Å². The molecule has 0 atom stereocenters. The normalized spacial score (nSPS) is 10.0. The van der Waals surface area contributed by atoms with Crippen LogP contribution in [-0.2, 0) is 6.42 Å². The summed E-state index contributed by atoms with van der Waals surface area (Å²) in [6, 6.07) is 3.83. The van der Waals surface area contributed by atoms with E-state index in [-0.39, 0.29) is 5.56 Å². The Morgan fingerprint density at radius 2 is 2.27 bits per heavy atom. The van der Waals surface area contributed by atoms with Crippen LogP contribution in [0.3, 0.4) is 0 Å². The van der Waals surface area contributed by atoms with Crippen molar-refractivity contribution in [2.24, 2.45) is 0 Å². The summed E-state index contributed by atoms with van der Waals surface area (Å²) in [5, 5.41) is 0. The number of alkyl halides is 1. The fraction of sp³-hybridized carbons (Fsp3) is 0.375. The van der Waals surface area contributed by atoms with Crippen molar-refractivity contribution in [2.75, 3.05) is 4.43 Å². The van der Waals surface area contributed by atoms with Gasteiger partial charge in [-0.2, -0.15) is 0 Å². The van der Waals surface area contributed by atoms with Crippen LogP contribution in [0, 0.1) is 6.92 Å². The second-order valence-electron chi connectivity index (χ2n) is 2.43. The molecule has 0 saturated carbocycles. The molecule has 0 saturated heterocycles. The third-order valence-electron chi connectivity index (χ3n) is 1.53. The molecule has 0 aliphatic carbocycles. The second kappa shape index (κ2) is 3.90. The van der Waals surface area contributed by atoms with Gasteiger partial charge in [0.05, 0.1) is 0 Å². The number of hydrogen-bond donors (Lipinski definition) is 1. The van der Waals surface area contributed by atoms with Crippen molar-refractivity contribution in [3.05, 3.63) is 33.7 Å². The maximum absolute atomic E-state index is 11.1. The highest BCUT2D eigenvalue weighted by atomic mass is 127.